The molecule has 0 unspecified atom stereocenters. The fourth-order valence-corrected chi connectivity index (χ4v) is 2.24. The molecule has 7 nitrogen and oxygen atoms in total. The summed E-state index contributed by atoms with van der Waals surface area (Å²) in [4.78, 5) is 14.2. The van der Waals surface area contributed by atoms with Gasteiger partial charge in [-0.05, 0) is 36.7 Å². The van der Waals surface area contributed by atoms with Gasteiger partial charge >= 0.3 is 0 Å². The number of aryl methyl sites for hydroxylation is 2. The maximum Gasteiger partial charge on any atom is 0.275 e. The Labute approximate surface area is 125 Å². The lowest BCUT2D eigenvalue weighted by Crippen LogP contribution is -2.31. The highest BCUT2D eigenvalue weighted by atomic mass is 79.9. The van der Waals surface area contributed by atoms with Gasteiger partial charge in [-0.3, -0.25) is 9.48 Å². The summed E-state index contributed by atoms with van der Waals surface area (Å²) >= 11 is 3.37. The van der Waals surface area contributed by atoms with E-state index in [2.05, 4.69) is 36.0 Å². The third-order valence-corrected chi connectivity index (χ3v) is 3.58. The summed E-state index contributed by atoms with van der Waals surface area (Å²) in [6.07, 6.45) is 1.80. The number of carbonyl (C=O) groups is 1. The van der Waals surface area contributed by atoms with E-state index >= 15 is 0 Å². The third kappa shape index (κ3) is 2.90. The summed E-state index contributed by atoms with van der Waals surface area (Å²) in [6, 6.07) is 0. The van der Waals surface area contributed by atoms with E-state index in [0.29, 0.717) is 41.2 Å². The van der Waals surface area contributed by atoms with Crippen LogP contribution in [-0.2, 0) is 13.1 Å². The van der Waals surface area contributed by atoms with Crippen LogP contribution in [0, 0.1) is 6.92 Å². The van der Waals surface area contributed by atoms with E-state index in [1.165, 1.54) is 0 Å². The maximum atomic E-state index is 12.5. The molecule has 0 radical (unpaired) electrons. The van der Waals surface area contributed by atoms with Gasteiger partial charge in [-0.2, -0.15) is 5.10 Å². The fourth-order valence-electron chi connectivity index (χ4n) is 1.75. The van der Waals surface area contributed by atoms with Crippen LogP contribution in [0.3, 0.4) is 0 Å². The van der Waals surface area contributed by atoms with Gasteiger partial charge in [-0.15, -0.1) is 0 Å². The van der Waals surface area contributed by atoms with Crippen molar-refractivity contribution in [1.82, 2.24) is 25.0 Å². The average Bonchev–Trinajstić information content (AvgIpc) is 3.01. The number of hydrogen-bond donors (Lipinski definition) is 0. The second-order valence-electron chi connectivity index (χ2n) is 4.30. The Balaban J connectivity index is 2.20. The summed E-state index contributed by atoms with van der Waals surface area (Å²) < 4.78 is 7.06. The van der Waals surface area contributed by atoms with Crippen LogP contribution >= 0.6 is 15.9 Å². The molecular weight excluding hydrogens is 326 g/mol. The topological polar surface area (TPSA) is 77.1 Å². The fraction of sp³-hybridized carbons (Fsp3) is 0.500. The van der Waals surface area contributed by atoms with Crippen LogP contribution < -0.4 is 0 Å². The Kier molecular flexibility index (Phi) is 4.53. The van der Waals surface area contributed by atoms with Gasteiger partial charge in [0.15, 0.2) is 5.69 Å². The second-order valence-corrected chi connectivity index (χ2v) is 5.15. The highest BCUT2D eigenvalue weighted by Gasteiger charge is 2.22. The first-order valence-electron chi connectivity index (χ1n) is 6.37. The van der Waals surface area contributed by atoms with Crippen LogP contribution in [0.4, 0.5) is 0 Å². The normalized spacial score (nSPS) is 10.8. The number of carbonyl (C=O) groups excluding carboxylic acids is 1. The van der Waals surface area contributed by atoms with Crippen molar-refractivity contribution < 1.29 is 9.42 Å². The molecule has 2 aromatic rings. The van der Waals surface area contributed by atoms with E-state index in [1.54, 1.807) is 22.7 Å². The van der Waals surface area contributed by atoms with Gasteiger partial charge in [-0.1, -0.05) is 10.3 Å². The predicted octanol–water partition coefficient (Wildman–Crippen LogP) is 2.02. The van der Waals surface area contributed by atoms with Crippen LogP contribution in [0.25, 0.3) is 0 Å². The smallest absolute Gasteiger partial charge is 0.275 e. The van der Waals surface area contributed by atoms with Crippen molar-refractivity contribution in [3.8, 4) is 0 Å². The minimum Gasteiger partial charge on any atom is -0.331 e. The van der Waals surface area contributed by atoms with E-state index < -0.39 is 0 Å². The van der Waals surface area contributed by atoms with Crippen LogP contribution in [0.5, 0.6) is 0 Å². The monoisotopic (exact) mass is 341 g/mol. The Morgan fingerprint density at radius 2 is 2.20 bits per heavy atom. The zero-order valence-electron chi connectivity index (χ0n) is 11.6. The van der Waals surface area contributed by atoms with Crippen LogP contribution in [0.15, 0.2) is 15.3 Å². The highest BCUT2D eigenvalue weighted by molar-refractivity contribution is 9.10. The second kappa shape index (κ2) is 6.17. The van der Waals surface area contributed by atoms with Gasteiger partial charge in [0, 0.05) is 19.3 Å². The Morgan fingerprint density at radius 3 is 2.70 bits per heavy atom. The lowest BCUT2D eigenvalue weighted by Gasteiger charge is -2.18. The quantitative estimate of drug-likeness (QED) is 0.831. The number of amides is 1. The van der Waals surface area contributed by atoms with Gasteiger partial charge in [-0.25, -0.2) is 4.63 Å². The van der Waals surface area contributed by atoms with Crippen LogP contribution in [0.1, 0.15) is 35.7 Å². The number of aromatic nitrogens is 4. The summed E-state index contributed by atoms with van der Waals surface area (Å²) in [5, 5.41) is 11.8. The molecule has 8 heteroatoms. The largest absolute Gasteiger partial charge is 0.331 e. The molecule has 2 aromatic heterocycles. The molecule has 0 bridgehead atoms. The number of rotatable bonds is 5. The Hall–Kier alpha value is -1.70. The molecule has 0 saturated carbocycles. The Bertz CT molecular complexity index is 607. The van der Waals surface area contributed by atoms with Crippen molar-refractivity contribution in [2.45, 2.75) is 33.9 Å². The molecule has 0 aliphatic heterocycles. The van der Waals surface area contributed by atoms with Gasteiger partial charge in [0.2, 0.25) is 0 Å². The molecule has 1 amide bonds. The molecule has 2 heterocycles. The van der Waals surface area contributed by atoms with E-state index in [1.807, 2.05) is 13.8 Å². The van der Waals surface area contributed by atoms with Crippen molar-refractivity contribution in [2.24, 2.45) is 0 Å². The Morgan fingerprint density at radius 1 is 1.45 bits per heavy atom. The standard InChI is InChI=1S/C12H16BrN5O2/c1-4-17(7-10-8(3)15-20-16-10)12(19)11-9(13)6-18(5-2)14-11/h6H,4-5,7H2,1-3H3. The lowest BCUT2D eigenvalue weighted by atomic mass is 10.3. The molecule has 0 N–H and O–H groups in total. The molecule has 0 aliphatic rings. The molecule has 0 atom stereocenters. The summed E-state index contributed by atoms with van der Waals surface area (Å²) in [7, 11) is 0. The van der Waals surface area contributed by atoms with E-state index in [9.17, 15) is 4.79 Å². The molecule has 2 rings (SSSR count). The molecule has 20 heavy (non-hydrogen) atoms. The first-order chi connectivity index (χ1) is 9.56. The van der Waals surface area contributed by atoms with Gasteiger partial charge in [0.05, 0.1) is 11.0 Å². The average molecular weight is 342 g/mol. The highest BCUT2D eigenvalue weighted by Crippen LogP contribution is 2.18. The van der Waals surface area contributed by atoms with Gasteiger partial charge in [0.25, 0.3) is 5.91 Å². The number of halogens is 1. The minimum atomic E-state index is -0.144. The van der Waals surface area contributed by atoms with Crippen LogP contribution in [-0.4, -0.2) is 37.4 Å². The molecule has 0 aliphatic carbocycles. The molecule has 0 spiro atoms. The van der Waals surface area contributed by atoms with Crippen molar-refractivity contribution in [1.29, 1.82) is 0 Å². The van der Waals surface area contributed by atoms with E-state index in [0.717, 1.165) is 0 Å². The van der Waals surface area contributed by atoms with Crippen LogP contribution in [0.2, 0.25) is 0 Å². The first kappa shape index (κ1) is 14.7. The minimum absolute atomic E-state index is 0.144. The van der Waals surface area contributed by atoms with Gasteiger partial charge in [0.1, 0.15) is 11.4 Å². The third-order valence-electron chi connectivity index (χ3n) is 3.00. The van der Waals surface area contributed by atoms with Crippen molar-refractivity contribution in [2.75, 3.05) is 6.54 Å². The molecule has 0 saturated heterocycles. The number of nitrogens with zero attached hydrogens (tertiary/aromatic N) is 5. The van der Waals surface area contributed by atoms with Crippen molar-refractivity contribution in [3.05, 3.63) is 27.8 Å². The molecular formula is C12H16BrN5O2. The number of hydrogen-bond acceptors (Lipinski definition) is 5. The summed E-state index contributed by atoms with van der Waals surface area (Å²) in [6.45, 7) is 7.30. The molecule has 0 aromatic carbocycles. The summed E-state index contributed by atoms with van der Waals surface area (Å²) in [5.74, 6) is -0.144. The van der Waals surface area contributed by atoms with Crippen molar-refractivity contribution >= 4 is 21.8 Å². The molecule has 0 fully saturated rings. The van der Waals surface area contributed by atoms with Crippen molar-refractivity contribution in [3.63, 3.8) is 0 Å². The lowest BCUT2D eigenvalue weighted by molar-refractivity contribution is 0.0741. The van der Waals surface area contributed by atoms with Gasteiger partial charge < -0.3 is 4.90 Å². The first-order valence-corrected chi connectivity index (χ1v) is 7.16. The predicted molar refractivity (Wildman–Crippen MR) is 75.1 cm³/mol. The SMILES string of the molecule is CCN(Cc1nonc1C)C(=O)c1nn(CC)cc1Br. The van der Waals surface area contributed by atoms with E-state index in [-0.39, 0.29) is 5.91 Å². The zero-order valence-corrected chi connectivity index (χ0v) is 13.2. The maximum absolute atomic E-state index is 12.5. The van der Waals surface area contributed by atoms with E-state index in [4.69, 9.17) is 0 Å². The molecule has 108 valence electrons. The summed E-state index contributed by atoms with van der Waals surface area (Å²) in [5.41, 5.74) is 1.75. The zero-order chi connectivity index (χ0) is 14.7.